The largest absolute Gasteiger partial charge is 0.374 e. The number of hydrogen-bond donors (Lipinski definition) is 0. The summed E-state index contributed by atoms with van der Waals surface area (Å²) in [7, 11) is 2.11. The molecule has 0 aromatic heterocycles. The standard InChI is InChI=1S/C9H11BrIN/c1-12(7-6-11)9-4-2-8(10)3-5-9/h2-5H,6-7H2,1H3. The molecule has 1 nitrogen and oxygen atoms in total. The first-order valence-electron chi connectivity index (χ1n) is 3.76. The molecule has 0 saturated heterocycles. The highest BCUT2D eigenvalue weighted by molar-refractivity contribution is 14.1. The van der Waals surface area contributed by atoms with Crippen LogP contribution in [-0.4, -0.2) is 18.0 Å². The number of nitrogens with zero attached hydrogens (tertiary/aromatic N) is 1. The van der Waals surface area contributed by atoms with E-state index < -0.39 is 0 Å². The van der Waals surface area contributed by atoms with E-state index in [1.54, 1.807) is 0 Å². The van der Waals surface area contributed by atoms with Crippen LogP contribution in [0.25, 0.3) is 0 Å². The van der Waals surface area contributed by atoms with Crippen molar-refractivity contribution in [2.24, 2.45) is 0 Å². The summed E-state index contributed by atoms with van der Waals surface area (Å²) in [5.74, 6) is 0. The van der Waals surface area contributed by atoms with Crippen LogP contribution >= 0.6 is 38.5 Å². The van der Waals surface area contributed by atoms with E-state index in [1.807, 2.05) is 0 Å². The Morgan fingerprint density at radius 2 is 1.92 bits per heavy atom. The number of anilines is 1. The molecule has 0 fully saturated rings. The van der Waals surface area contributed by atoms with E-state index in [0.717, 1.165) is 15.4 Å². The molecule has 0 heterocycles. The molecule has 1 aromatic carbocycles. The van der Waals surface area contributed by atoms with Gasteiger partial charge < -0.3 is 4.90 Å². The van der Waals surface area contributed by atoms with Gasteiger partial charge in [-0.2, -0.15) is 0 Å². The van der Waals surface area contributed by atoms with E-state index >= 15 is 0 Å². The van der Waals surface area contributed by atoms with Crippen LogP contribution in [0.2, 0.25) is 0 Å². The second-order valence-electron chi connectivity index (χ2n) is 2.59. The lowest BCUT2D eigenvalue weighted by Gasteiger charge is -2.17. The van der Waals surface area contributed by atoms with Crippen LogP contribution in [0.1, 0.15) is 0 Å². The van der Waals surface area contributed by atoms with Crippen LogP contribution in [0.3, 0.4) is 0 Å². The third-order valence-corrected chi connectivity index (χ3v) is 2.70. The summed E-state index contributed by atoms with van der Waals surface area (Å²) in [6, 6.07) is 8.38. The Hall–Kier alpha value is 0.230. The van der Waals surface area contributed by atoms with Crippen LogP contribution in [0.4, 0.5) is 5.69 Å². The maximum Gasteiger partial charge on any atom is 0.0364 e. The Bertz CT molecular complexity index is 235. The van der Waals surface area contributed by atoms with Gasteiger partial charge in [0.05, 0.1) is 0 Å². The van der Waals surface area contributed by atoms with Crippen molar-refractivity contribution in [1.82, 2.24) is 0 Å². The molecule has 0 amide bonds. The topological polar surface area (TPSA) is 3.24 Å². The van der Waals surface area contributed by atoms with Gasteiger partial charge in [0.15, 0.2) is 0 Å². The number of halogens is 2. The van der Waals surface area contributed by atoms with E-state index in [9.17, 15) is 0 Å². The molecule has 1 aromatic rings. The summed E-state index contributed by atoms with van der Waals surface area (Å²) in [5.41, 5.74) is 1.27. The molecule has 0 aliphatic carbocycles. The molecule has 3 heteroatoms. The zero-order valence-corrected chi connectivity index (χ0v) is 10.7. The molecule has 0 saturated carbocycles. The van der Waals surface area contributed by atoms with E-state index in [-0.39, 0.29) is 0 Å². The quantitative estimate of drug-likeness (QED) is 0.603. The predicted molar refractivity (Wildman–Crippen MR) is 66.3 cm³/mol. The van der Waals surface area contributed by atoms with Crippen LogP contribution in [0.5, 0.6) is 0 Å². The van der Waals surface area contributed by atoms with Crippen molar-refractivity contribution in [3.63, 3.8) is 0 Å². The maximum absolute atomic E-state index is 3.41. The minimum Gasteiger partial charge on any atom is -0.374 e. The first kappa shape index (κ1) is 10.3. The molecule has 1 rings (SSSR count). The first-order chi connectivity index (χ1) is 5.74. The highest BCUT2D eigenvalue weighted by Crippen LogP contribution is 2.16. The molecule has 66 valence electrons. The van der Waals surface area contributed by atoms with Crippen molar-refractivity contribution < 1.29 is 0 Å². The Balaban J connectivity index is 2.68. The van der Waals surface area contributed by atoms with Crippen LogP contribution < -0.4 is 4.90 Å². The third-order valence-electron chi connectivity index (χ3n) is 1.69. The Kier molecular flexibility index (Phi) is 4.35. The molecule has 0 radical (unpaired) electrons. The lowest BCUT2D eigenvalue weighted by Crippen LogP contribution is -2.18. The number of hydrogen-bond acceptors (Lipinski definition) is 1. The third kappa shape index (κ3) is 2.94. The van der Waals surface area contributed by atoms with Crippen molar-refractivity contribution in [1.29, 1.82) is 0 Å². The number of rotatable bonds is 3. The van der Waals surface area contributed by atoms with E-state index in [4.69, 9.17) is 0 Å². The van der Waals surface area contributed by atoms with Gasteiger partial charge in [-0.25, -0.2) is 0 Å². The molecule has 12 heavy (non-hydrogen) atoms. The van der Waals surface area contributed by atoms with Gasteiger partial charge >= 0.3 is 0 Å². The summed E-state index contributed by atoms with van der Waals surface area (Å²) < 4.78 is 2.29. The fourth-order valence-corrected chi connectivity index (χ4v) is 1.94. The Morgan fingerprint density at radius 3 is 2.42 bits per heavy atom. The average Bonchev–Trinajstić information content (AvgIpc) is 2.06. The van der Waals surface area contributed by atoms with Crippen molar-refractivity contribution in [2.75, 3.05) is 22.9 Å². The minimum atomic E-state index is 1.10. The summed E-state index contributed by atoms with van der Waals surface area (Å²) in [6.07, 6.45) is 0. The maximum atomic E-state index is 3.41. The van der Waals surface area contributed by atoms with Crippen molar-refractivity contribution in [2.45, 2.75) is 0 Å². The van der Waals surface area contributed by atoms with Gasteiger partial charge in [-0.1, -0.05) is 38.5 Å². The number of benzene rings is 1. The minimum absolute atomic E-state index is 1.10. The molecule has 0 N–H and O–H groups in total. The summed E-state index contributed by atoms with van der Waals surface area (Å²) >= 11 is 5.80. The van der Waals surface area contributed by atoms with Gasteiger partial charge in [0.2, 0.25) is 0 Å². The number of alkyl halides is 1. The SMILES string of the molecule is CN(CCI)c1ccc(Br)cc1. The fourth-order valence-electron chi connectivity index (χ4n) is 0.951. The van der Waals surface area contributed by atoms with Crippen molar-refractivity contribution in [3.8, 4) is 0 Å². The summed E-state index contributed by atoms with van der Waals surface area (Å²) in [5, 5.41) is 0. The van der Waals surface area contributed by atoms with Gasteiger partial charge in [0.1, 0.15) is 0 Å². The van der Waals surface area contributed by atoms with Crippen LogP contribution in [0, 0.1) is 0 Å². The second kappa shape index (κ2) is 5.07. The van der Waals surface area contributed by atoms with Gasteiger partial charge in [-0.3, -0.25) is 0 Å². The van der Waals surface area contributed by atoms with Gasteiger partial charge in [0.25, 0.3) is 0 Å². The van der Waals surface area contributed by atoms with Gasteiger partial charge in [-0.15, -0.1) is 0 Å². The van der Waals surface area contributed by atoms with E-state index in [1.165, 1.54) is 5.69 Å². The average molecular weight is 340 g/mol. The first-order valence-corrected chi connectivity index (χ1v) is 6.08. The van der Waals surface area contributed by atoms with E-state index in [2.05, 4.69) is 74.7 Å². The molecular weight excluding hydrogens is 329 g/mol. The van der Waals surface area contributed by atoms with Crippen molar-refractivity contribution >= 4 is 44.2 Å². The lowest BCUT2D eigenvalue weighted by atomic mass is 10.3. The highest BCUT2D eigenvalue weighted by Gasteiger charge is 1.97. The molecule has 0 aliphatic heterocycles. The predicted octanol–water partition coefficient (Wildman–Crippen LogP) is 3.32. The molecule has 0 bridgehead atoms. The normalized spacial score (nSPS) is 9.92. The summed E-state index contributed by atoms with van der Waals surface area (Å²) in [6.45, 7) is 1.10. The van der Waals surface area contributed by atoms with Gasteiger partial charge in [-0.05, 0) is 24.3 Å². The van der Waals surface area contributed by atoms with E-state index in [0.29, 0.717) is 0 Å². The monoisotopic (exact) mass is 339 g/mol. The van der Waals surface area contributed by atoms with Gasteiger partial charge in [0, 0.05) is 28.2 Å². The fraction of sp³-hybridized carbons (Fsp3) is 0.333. The zero-order chi connectivity index (χ0) is 8.97. The molecule has 0 aliphatic rings. The zero-order valence-electron chi connectivity index (χ0n) is 6.93. The molecule has 0 unspecified atom stereocenters. The lowest BCUT2D eigenvalue weighted by molar-refractivity contribution is 0.987. The summed E-state index contributed by atoms with van der Waals surface area (Å²) in [4.78, 5) is 2.25. The molecular formula is C9H11BrIN. The van der Waals surface area contributed by atoms with Crippen LogP contribution in [0.15, 0.2) is 28.7 Å². The highest BCUT2D eigenvalue weighted by atomic mass is 127. The van der Waals surface area contributed by atoms with Crippen LogP contribution in [-0.2, 0) is 0 Å². The Labute approximate surface area is 95.4 Å². The van der Waals surface area contributed by atoms with Crippen molar-refractivity contribution in [3.05, 3.63) is 28.7 Å². The molecule has 0 spiro atoms. The Morgan fingerprint density at radius 1 is 1.33 bits per heavy atom. The second-order valence-corrected chi connectivity index (χ2v) is 4.58. The molecule has 0 atom stereocenters. The smallest absolute Gasteiger partial charge is 0.0364 e.